The monoisotopic (exact) mass is 532 g/mol. The average molecular weight is 533 g/mol. The fraction of sp³-hybridized carbons (Fsp3) is 0.903. The number of rotatable bonds is 5. The van der Waals surface area contributed by atoms with Gasteiger partial charge in [-0.25, -0.2) is 4.79 Å². The molecule has 4 saturated carbocycles. The number of hydrogen-bond donors (Lipinski definition) is 1. The van der Waals surface area contributed by atoms with Gasteiger partial charge in [-0.15, -0.1) is 0 Å². The van der Waals surface area contributed by atoms with E-state index in [4.69, 9.17) is 23.7 Å². The highest BCUT2D eigenvalue weighted by atomic mass is 16.7. The van der Waals surface area contributed by atoms with Gasteiger partial charge >= 0.3 is 5.97 Å². The Kier molecular flexibility index (Phi) is 7.03. The van der Waals surface area contributed by atoms with Crippen molar-refractivity contribution in [3.8, 4) is 0 Å². The van der Waals surface area contributed by atoms with Crippen molar-refractivity contribution in [1.29, 1.82) is 0 Å². The van der Waals surface area contributed by atoms with Crippen LogP contribution in [0.15, 0.2) is 11.6 Å². The number of fused-ring (bicyclic) bond motifs is 5. The molecule has 38 heavy (non-hydrogen) atoms. The van der Waals surface area contributed by atoms with Crippen molar-refractivity contribution < 1.29 is 33.6 Å². The van der Waals surface area contributed by atoms with Gasteiger partial charge in [0.15, 0.2) is 6.29 Å². The van der Waals surface area contributed by atoms with Gasteiger partial charge in [-0.1, -0.05) is 20.8 Å². The molecule has 0 aromatic rings. The Balaban J connectivity index is 1.15. The molecular formula is C31H48O7. The maximum absolute atomic E-state index is 12.4. The van der Waals surface area contributed by atoms with Crippen LogP contribution >= 0.6 is 0 Å². The number of hydrogen-bond acceptors (Lipinski definition) is 7. The van der Waals surface area contributed by atoms with Crippen LogP contribution in [-0.4, -0.2) is 68.7 Å². The molecule has 7 nitrogen and oxygen atoms in total. The summed E-state index contributed by atoms with van der Waals surface area (Å²) >= 11 is 0. The number of carbonyl (C=O) groups excluding carboxylic acids is 1. The lowest BCUT2D eigenvalue weighted by atomic mass is 9.43. The predicted octanol–water partition coefficient (Wildman–Crippen LogP) is 4.65. The summed E-state index contributed by atoms with van der Waals surface area (Å²) in [4.78, 5) is 11.8. The van der Waals surface area contributed by atoms with Crippen LogP contribution in [0, 0.1) is 40.4 Å². The lowest BCUT2D eigenvalue weighted by Gasteiger charge is -2.64. The Hall–Kier alpha value is -0.990. The third-order valence-electron chi connectivity index (χ3n) is 12.5. The van der Waals surface area contributed by atoms with Crippen molar-refractivity contribution in [2.24, 2.45) is 40.4 Å². The van der Waals surface area contributed by atoms with Gasteiger partial charge in [0.1, 0.15) is 12.7 Å². The highest BCUT2D eigenvalue weighted by Crippen LogP contribution is 2.70. The topological polar surface area (TPSA) is 83.5 Å². The van der Waals surface area contributed by atoms with Crippen molar-refractivity contribution in [2.75, 3.05) is 27.4 Å². The minimum absolute atomic E-state index is 0.0275. The lowest BCUT2D eigenvalue weighted by Crippen LogP contribution is -2.62. The number of cyclic esters (lactones) is 1. The van der Waals surface area contributed by atoms with Gasteiger partial charge < -0.3 is 28.8 Å². The van der Waals surface area contributed by atoms with Crippen LogP contribution in [0.4, 0.5) is 0 Å². The van der Waals surface area contributed by atoms with E-state index in [1.807, 2.05) is 0 Å². The third-order valence-corrected chi connectivity index (χ3v) is 12.5. The third kappa shape index (κ3) is 3.97. The van der Waals surface area contributed by atoms with Gasteiger partial charge in [0.2, 0.25) is 0 Å². The SMILES string of the molecule is COC1[C@@H](O[C@H]2CC[C@@]3(C)C(CCC4C3CC[C@]3(C)[C@@H](C5=CC(=O)OC5)CC[C@]43O)C2)OC[C@H](C)[C@@H]1OC. The molecule has 1 N–H and O–H groups in total. The summed E-state index contributed by atoms with van der Waals surface area (Å²) in [6, 6.07) is 0. The highest BCUT2D eigenvalue weighted by Gasteiger charge is 2.67. The number of aliphatic hydroxyl groups is 1. The Labute approximate surface area is 227 Å². The lowest BCUT2D eigenvalue weighted by molar-refractivity contribution is -0.289. The fourth-order valence-corrected chi connectivity index (χ4v) is 10.3. The van der Waals surface area contributed by atoms with Crippen LogP contribution in [0.2, 0.25) is 0 Å². The summed E-state index contributed by atoms with van der Waals surface area (Å²) in [7, 11) is 3.46. The standard InChI is InChI=1S/C31H48O7/c1-18-16-37-28(27(35-5)26(18)34-4)38-21-8-11-29(2)20(15-21)6-7-24-23(29)9-12-30(3)22(10-13-31(24,30)33)19-14-25(32)36-17-19/h14,18,20-24,26-28,33H,6-13,15-17H2,1-5H3/t18-,20?,21-,22+,23?,24?,26-,27?,28+,29-,30+,31-/m0/s1. The molecule has 214 valence electrons. The first-order valence-corrected chi connectivity index (χ1v) is 15.1. The molecule has 5 fully saturated rings. The van der Waals surface area contributed by atoms with Gasteiger partial charge in [-0.2, -0.15) is 0 Å². The maximum Gasteiger partial charge on any atom is 0.331 e. The number of ether oxygens (including phenoxy) is 5. The molecule has 6 rings (SSSR count). The highest BCUT2D eigenvalue weighted by molar-refractivity contribution is 5.85. The van der Waals surface area contributed by atoms with E-state index in [0.29, 0.717) is 31.0 Å². The second kappa shape index (κ2) is 9.83. The molecule has 0 aromatic carbocycles. The Morgan fingerprint density at radius 2 is 1.76 bits per heavy atom. The van der Waals surface area contributed by atoms with Crippen LogP contribution in [-0.2, 0) is 28.5 Å². The Morgan fingerprint density at radius 3 is 2.47 bits per heavy atom. The molecule has 4 aliphatic carbocycles. The van der Waals surface area contributed by atoms with Gasteiger partial charge in [0.25, 0.3) is 0 Å². The second-order valence-corrected chi connectivity index (χ2v) is 13.9. The Morgan fingerprint density at radius 1 is 0.974 bits per heavy atom. The Bertz CT molecular complexity index is 951. The summed E-state index contributed by atoms with van der Waals surface area (Å²) in [6.07, 6.45) is 10.6. The molecule has 0 radical (unpaired) electrons. The van der Waals surface area contributed by atoms with E-state index in [1.165, 1.54) is 0 Å². The van der Waals surface area contributed by atoms with Crippen molar-refractivity contribution in [2.45, 2.75) is 109 Å². The molecular weight excluding hydrogens is 484 g/mol. The van der Waals surface area contributed by atoms with Gasteiger partial charge in [-0.3, -0.25) is 0 Å². The molecule has 0 spiro atoms. The molecule has 2 heterocycles. The molecule has 4 unspecified atom stereocenters. The summed E-state index contributed by atoms with van der Waals surface area (Å²) in [5.74, 6) is 1.75. The second-order valence-electron chi connectivity index (χ2n) is 13.9. The van der Waals surface area contributed by atoms with Crippen molar-refractivity contribution in [3.05, 3.63) is 11.6 Å². The van der Waals surface area contributed by atoms with E-state index >= 15 is 0 Å². The minimum Gasteiger partial charge on any atom is -0.458 e. The molecule has 2 aliphatic heterocycles. The van der Waals surface area contributed by atoms with Crippen molar-refractivity contribution >= 4 is 5.97 Å². The zero-order valence-electron chi connectivity index (χ0n) is 23.9. The van der Waals surface area contributed by atoms with Crippen LogP contribution in [0.25, 0.3) is 0 Å². The summed E-state index contributed by atoms with van der Waals surface area (Å²) in [6.45, 7) is 7.97. The molecule has 0 amide bonds. The molecule has 6 aliphatic rings. The van der Waals surface area contributed by atoms with Gasteiger partial charge in [-0.05, 0) is 92.4 Å². The first-order valence-electron chi connectivity index (χ1n) is 15.1. The fourth-order valence-electron chi connectivity index (χ4n) is 10.3. The summed E-state index contributed by atoms with van der Waals surface area (Å²) in [5.41, 5.74) is 0.484. The zero-order chi connectivity index (χ0) is 26.9. The van der Waals surface area contributed by atoms with E-state index in [2.05, 4.69) is 20.8 Å². The summed E-state index contributed by atoms with van der Waals surface area (Å²) in [5, 5.41) is 12.4. The average Bonchev–Trinajstić information content (AvgIpc) is 3.44. The van der Waals surface area contributed by atoms with E-state index in [9.17, 15) is 9.90 Å². The quantitative estimate of drug-likeness (QED) is 0.408. The number of methoxy groups -OCH3 is 2. The van der Waals surface area contributed by atoms with Crippen LogP contribution in [0.3, 0.4) is 0 Å². The van der Waals surface area contributed by atoms with Gasteiger partial charge in [0.05, 0.1) is 24.4 Å². The molecule has 0 bridgehead atoms. The predicted molar refractivity (Wildman–Crippen MR) is 141 cm³/mol. The van der Waals surface area contributed by atoms with Crippen LogP contribution < -0.4 is 0 Å². The number of esters is 1. The molecule has 7 heteroatoms. The largest absolute Gasteiger partial charge is 0.458 e. The number of carbonyl (C=O) groups is 1. The van der Waals surface area contributed by atoms with E-state index in [-0.39, 0.29) is 53.2 Å². The zero-order valence-corrected chi connectivity index (χ0v) is 23.9. The van der Waals surface area contributed by atoms with Gasteiger partial charge in [0, 0.05) is 31.6 Å². The van der Waals surface area contributed by atoms with Crippen molar-refractivity contribution in [3.63, 3.8) is 0 Å². The molecule has 1 saturated heterocycles. The smallest absolute Gasteiger partial charge is 0.331 e. The van der Waals surface area contributed by atoms with Crippen LogP contribution in [0.1, 0.15) is 78.6 Å². The van der Waals surface area contributed by atoms with E-state index in [0.717, 1.165) is 63.4 Å². The normalized spacial score (nSPS) is 52.5. The van der Waals surface area contributed by atoms with Crippen molar-refractivity contribution in [1.82, 2.24) is 0 Å². The van der Waals surface area contributed by atoms with Crippen LogP contribution in [0.5, 0.6) is 0 Å². The first kappa shape index (κ1) is 27.2. The minimum atomic E-state index is -0.665. The van der Waals surface area contributed by atoms with E-state index < -0.39 is 5.60 Å². The molecule has 12 atom stereocenters. The maximum atomic E-state index is 12.4. The molecule has 0 aromatic heterocycles. The first-order chi connectivity index (χ1) is 18.1. The summed E-state index contributed by atoms with van der Waals surface area (Å²) < 4.78 is 29.5. The van der Waals surface area contributed by atoms with E-state index in [1.54, 1.807) is 20.3 Å².